The summed E-state index contributed by atoms with van der Waals surface area (Å²) in [7, 11) is 0. The van der Waals surface area contributed by atoms with Crippen LogP contribution in [0.2, 0.25) is 0 Å². The van der Waals surface area contributed by atoms with Crippen LogP contribution in [-0.4, -0.2) is 33.6 Å². The molecule has 5 heteroatoms. The number of aliphatic carboxylic acids is 1. The molecule has 0 amide bonds. The van der Waals surface area contributed by atoms with E-state index in [2.05, 4.69) is 23.8 Å². The molecule has 0 unspecified atom stereocenters. The number of carboxylic acid groups (broad SMARTS) is 1. The number of aromatic nitrogens is 2. The summed E-state index contributed by atoms with van der Waals surface area (Å²) in [6.45, 7) is 10.6. The Morgan fingerprint density at radius 3 is 2.42 bits per heavy atom. The van der Waals surface area contributed by atoms with E-state index < -0.39 is 5.97 Å². The summed E-state index contributed by atoms with van der Waals surface area (Å²) in [5.41, 5.74) is 1.90. The van der Waals surface area contributed by atoms with Gasteiger partial charge in [0.1, 0.15) is 0 Å². The van der Waals surface area contributed by atoms with Crippen molar-refractivity contribution in [3.05, 3.63) is 17.5 Å². The first-order valence-electron chi connectivity index (χ1n) is 6.65. The quantitative estimate of drug-likeness (QED) is 0.856. The van der Waals surface area contributed by atoms with Crippen molar-refractivity contribution >= 4 is 11.9 Å². The number of carbonyl (C=O) groups is 1. The molecular formula is C14H23N3O2. The smallest absolute Gasteiger partial charge is 0.305 e. The van der Waals surface area contributed by atoms with E-state index in [0.29, 0.717) is 18.4 Å². The Labute approximate surface area is 114 Å². The number of hydrogen-bond donors (Lipinski definition) is 1. The highest BCUT2D eigenvalue weighted by atomic mass is 16.4. The van der Waals surface area contributed by atoms with E-state index in [1.807, 2.05) is 31.7 Å². The van der Waals surface area contributed by atoms with E-state index in [4.69, 9.17) is 5.11 Å². The molecule has 0 atom stereocenters. The van der Waals surface area contributed by atoms with Crippen molar-refractivity contribution < 1.29 is 9.90 Å². The van der Waals surface area contributed by atoms with Gasteiger partial charge in [-0.1, -0.05) is 13.8 Å². The summed E-state index contributed by atoms with van der Waals surface area (Å²) in [6, 6.07) is 2.14. The maximum absolute atomic E-state index is 10.7. The normalized spacial score (nSPS) is 11.1. The fourth-order valence-electron chi connectivity index (χ4n) is 1.81. The third-order valence-corrected chi connectivity index (χ3v) is 2.90. The van der Waals surface area contributed by atoms with Gasteiger partial charge in [0.15, 0.2) is 0 Å². The molecule has 0 spiro atoms. The molecule has 1 N–H and O–H groups in total. The van der Waals surface area contributed by atoms with Crippen molar-refractivity contribution in [1.29, 1.82) is 0 Å². The number of rotatable bonds is 6. The van der Waals surface area contributed by atoms with Crippen LogP contribution in [0.3, 0.4) is 0 Å². The molecule has 1 aromatic heterocycles. The summed E-state index contributed by atoms with van der Waals surface area (Å²) < 4.78 is 0. The van der Waals surface area contributed by atoms with Gasteiger partial charge >= 0.3 is 5.97 Å². The minimum atomic E-state index is -0.803. The fourth-order valence-corrected chi connectivity index (χ4v) is 1.81. The first-order chi connectivity index (χ1) is 8.81. The zero-order valence-corrected chi connectivity index (χ0v) is 12.3. The van der Waals surface area contributed by atoms with Gasteiger partial charge < -0.3 is 10.0 Å². The molecule has 106 valence electrons. The first kappa shape index (κ1) is 15.4. The molecule has 1 aromatic rings. The minimum Gasteiger partial charge on any atom is -0.481 e. The lowest BCUT2D eigenvalue weighted by atomic mass is 10.1. The fraction of sp³-hybridized carbons (Fsp3) is 0.643. The number of anilines is 1. The third kappa shape index (κ3) is 4.50. The van der Waals surface area contributed by atoms with E-state index in [1.165, 1.54) is 0 Å². The van der Waals surface area contributed by atoms with Crippen LogP contribution >= 0.6 is 0 Å². The second-order valence-corrected chi connectivity index (χ2v) is 5.32. The van der Waals surface area contributed by atoms with Gasteiger partial charge in [0.2, 0.25) is 5.95 Å². The van der Waals surface area contributed by atoms with Gasteiger partial charge in [-0.05, 0) is 32.8 Å². The molecule has 0 saturated heterocycles. The molecule has 0 bridgehead atoms. The minimum absolute atomic E-state index is 0.0898. The largest absolute Gasteiger partial charge is 0.481 e. The molecule has 0 radical (unpaired) electrons. The molecule has 5 nitrogen and oxygen atoms in total. The molecule has 0 aromatic carbocycles. The number of aryl methyl sites for hydroxylation is 1. The van der Waals surface area contributed by atoms with Gasteiger partial charge in [-0.3, -0.25) is 4.79 Å². The predicted molar refractivity (Wildman–Crippen MR) is 75.6 cm³/mol. The number of carboxylic acids is 1. The SMILES string of the molecule is Cc1cc(C(C)C)nc(N(CCC(=O)O)C(C)C)n1. The molecule has 0 aliphatic carbocycles. The summed E-state index contributed by atoms with van der Waals surface area (Å²) >= 11 is 0. The van der Waals surface area contributed by atoms with Gasteiger partial charge in [-0.2, -0.15) is 0 Å². The highest BCUT2D eigenvalue weighted by Gasteiger charge is 2.16. The third-order valence-electron chi connectivity index (χ3n) is 2.90. The topological polar surface area (TPSA) is 66.3 Å². The van der Waals surface area contributed by atoms with Crippen LogP contribution in [-0.2, 0) is 4.79 Å². The van der Waals surface area contributed by atoms with Crippen LogP contribution in [0.1, 0.15) is 51.4 Å². The molecule has 0 aliphatic rings. The van der Waals surface area contributed by atoms with Crippen LogP contribution in [0.5, 0.6) is 0 Å². The van der Waals surface area contributed by atoms with Crippen LogP contribution in [0.4, 0.5) is 5.95 Å². The van der Waals surface area contributed by atoms with Gasteiger partial charge in [-0.25, -0.2) is 9.97 Å². The standard InChI is InChI=1S/C14H23N3O2/c1-9(2)12-8-11(5)15-14(16-12)17(10(3)4)7-6-13(18)19/h8-10H,6-7H2,1-5H3,(H,18,19). The van der Waals surface area contributed by atoms with Crippen LogP contribution in [0.25, 0.3) is 0 Å². The molecule has 0 aliphatic heterocycles. The van der Waals surface area contributed by atoms with Crippen molar-refractivity contribution in [2.24, 2.45) is 0 Å². The van der Waals surface area contributed by atoms with Gasteiger partial charge in [0.25, 0.3) is 0 Å². The highest BCUT2D eigenvalue weighted by molar-refractivity contribution is 5.67. The first-order valence-corrected chi connectivity index (χ1v) is 6.65. The second-order valence-electron chi connectivity index (χ2n) is 5.32. The van der Waals surface area contributed by atoms with Gasteiger partial charge in [0.05, 0.1) is 6.42 Å². The van der Waals surface area contributed by atoms with Crippen LogP contribution in [0.15, 0.2) is 6.07 Å². The Balaban J connectivity index is 3.04. The number of nitrogens with zero attached hydrogens (tertiary/aromatic N) is 3. The average Bonchev–Trinajstić information content (AvgIpc) is 2.27. The lowest BCUT2D eigenvalue weighted by Gasteiger charge is -2.27. The molecule has 1 heterocycles. The van der Waals surface area contributed by atoms with Crippen molar-refractivity contribution in [3.63, 3.8) is 0 Å². The molecule has 1 rings (SSSR count). The highest BCUT2D eigenvalue weighted by Crippen LogP contribution is 2.18. The molecule has 19 heavy (non-hydrogen) atoms. The van der Waals surface area contributed by atoms with Gasteiger partial charge in [-0.15, -0.1) is 0 Å². The lowest BCUT2D eigenvalue weighted by Crippen LogP contribution is -2.34. The van der Waals surface area contributed by atoms with E-state index >= 15 is 0 Å². The molecule has 0 saturated carbocycles. The van der Waals surface area contributed by atoms with E-state index in [1.54, 1.807) is 0 Å². The van der Waals surface area contributed by atoms with Crippen LogP contribution in [0, 0.1) is 6.92 Å². The average molecular weight is 265 g/mol. The van der Waals surface area contributed by atoms with Crippen molar-refractivity contribution in [2.75, 3.05) is 11.4 Å². The van der Waals surface area contributed by atoms with E-state index in [0.717, 1.165) is 11.4 Å². The molecular weight excluding hydrogens is 242 g/mol. The predicted octanol–water partition coefficient (Wildman–Crippen LogP) is 2.60. The van der Waals surface area contributed by atoms with E-state index in [-0.39, 0.29) is 12.5 Å². The van der Waals surface area contributed by atoms with Crippen molar-refractivity contribution in [3.8, 4) is 0 Å². The zero-order chi connectivity index (χ0) is 14.6. The Kier molecular flexibility index (Phi) is 5.27. The second kappa shape index (κ2) is 6.50. The Morgan fingerprint density at radius 2 is 1.95 bits per heavy atom. The monoisotopic (exact) mass is 265 g/mol. The zero-order valence-electron chi connectivity index (χ0n) is 12.3. The summed E-state index contributed by atoms with van der Waals surface area (Å²) in [5, 5.41) is 8.82. The maximum Gasteiger partial charge on any atom is 0.305 e. The van der Waals surface area contributed by atoms with Crippen LogP contribution < -0.4 is 4.90 Å². The summed E-state index contributed by atoms with van der Waals surface area (Å²) in [4.78, 5) is 21.7. The summed E-state index contributed by atoms with van der Waals surface area (Å²) in [6.07, 6.45) is 0.0898. The Morgan fingerprint density at radius 1 is 1.32 bits per heavy atom. The number of hydrogen-bond acceptors (Lipinski definition) is 4. The Bertz CT molecular complexity index is 444. The lowest BCUT2D eigenvalue weighted by molar-refractivity contribution is -0.136. The summed E-state index contributed by atoms with van der Waals surface area (Å²) in [5.74, 6) is 0.149. The Hall–Kier alpha value is -1.65. The maximum atomic E-state index is 10.7. The van der Waals surface area contributed by atoms with Crippen molar-refractivity contribution in [2.45, 2.75) is 53.0 Å². The molecule has 0 fully saturated rings. The van der Waals surface area contributed by atoms with Crippen molar-refractivity contribution in [1.82, 2.24) is 9.97 Å². The van der Waals surface area contributed by atoms with E-state index in [9.17, 15) is 4.79 Å². The van der Waals surface area contributed by atoms with Gasteiger partial charge in [0, 0.05) is 24.0 Å².